The highest BCUT2D eigenvalue weighted by Crippen LogP contribution is 2.43. The molecular formula is C11H8BrFN2O3. The van der Waals surface area contributed by atoms with Crippen molar-refractivity contribution in [3.63, 3.8) is 0 Å². The van der Waals surface area contributed by atoms with Crippen LogP contribution < -0.4 is 15.2 Å². The zero-order valence-corrected chi connectivity index (χ0v) is 10.7. The van der Waals surface area contributed by atoms with Crippen LogP contribution in [0.4, 0.5) is 10.3 Å². The lowest BCUT2D eigenvalue weighted by Gasteiger charge is -2.20. The van der Waals surface area contributed by atoms with Gasteiger partial charge in [-0.1, -0.05) is 5.16 Å². The molecule has 0 atom stereocenters. The van der Waals surface area contributed by atoms with Gasteiger partial charge in [0.2, 0.25) is 5.88 Å². The molecule has 0 fully saturated rings. The lowest BCUT2D eigenvalue weighted by Crippen LogP contribution is -2.16. The van der Waals surface area contributed by atoms with Crippen LogP contribution >= 0.6 is 15.9 Å². The predicted molar refractivity (Wildman–Crippen MR) is 65.0 cm³/mol. The third-order valence-corrected chi connectivity index (χ3v) is 3.14. The largest absolute Gasteiger partial charge is 0.486 e. The van der Waals surface area contributed by atoms with Crippen LogP contribution in [0.15, 0.2) is 21.1 Å². The second kappa shape index (κ2) is 4.16. The molecule has 1 aliphatic rings. The molecule has 0 saturated heterocycles. The summed E-state index contributed by atoms with van der Waals surface area (Å²) in [6.45, 7) is 0.709. The normalized spacial score (nSPS) is 13.7. The summed E-state index contributed by atoms with van der Waals surface area (Å²) in [5.41, 5.74) is 5.97. The van der Waals surface area contributed by atoms with Crippen molar-refractivity contribution >= 4 is 21.8 Å². The summed E-state index contributed by atoms with van der Waals surface area (Å²) in [5, 5.41) is 3.69. The van der Waals surface area contributed by atoms with Gasteiger partial charge >= 0.3 is 0 Å². The summed E-state index contributed by atoms with van der Waals surface area (Å²) in [4.78, 5) is 0. The van der Waals surface area contributed by atoms with Gasteiger partial charge in [0.1, 0.15) is 18.9 Å². The van der Waals surface area contributed by atoms with E-state index in [0.29, 0.717) is 29.1 Å². The minimum atomic E-state index is -0.549. The fourth-order valence-corrected chi connectivity index (χ4v) is 2.34. The van der Waals surface area contributed by atoms with E-state index in [1.165, 1.54) is 6.07 Å². The highest BCUT2D eigenvalue weighted by atomic mass is 79.9. The maximum atomic E-state index is 14.4. The van der Waals surface area contributed by atoms with Crippen LogP contribution in [0.5, 0.6) is 11.5 Å². The third kappa shape index (κ3) is 1.71. The maximum Gasteiger partial charge on any atom is 0.222 e. The quantitative estimate of drug-likeness (QED) is 0.876. The van der Waals surface area contributed by atoms with Crippen molar-refractivity contribution < 1.29 is 18.4 Å². The molecule has 2 aromatic rings. The van der Waals surface area contributed by atoms with E-state index in [-0.39, 0.29) is 17.2 Å². The third-order valence-electron chi connectivity index (χ3n) is 2.51. The molecule has 0 amide bonds. The van der Waals surface area contributed by atoms with Gasteiger partial charge in [0.25, 0.3) is 0 Å². The minimum absolute atomic E-state index is 0.0843. The molecule has 0 bridgehead atoms. The molecule has 3 rings (SSSR count). The lowest BCUT2D eigenvalue weighted by atomic mass is 10.1. The van der Waals surface area contributed by atoms with E-state index in [1.54, 1.807) is 6.07 Å². The highest BCUT2D eigenvalue weighted by molar-refractivity contribution is 9.10. The van der Waals surface area contributed by atoms with Crippen LogP contribution in [-0.2, 0) is 0 Å². The molecule has 5 nitrogen and oxygen atoms in total. The number of halogens is 2. The van der Waals surface area contributed by atoms with Crippen molar-refractivity contribution in [1.29, 1.82) is 0 Å². The van der Waals surface area contributed by atoms with Crippen molar-refractivity contribution in [2.75, 3.05) is 18.9 Å². The number of hydrogen-bond acceptors (Lipinski definition) is 5. The summed E-state index contributed by atoms with van der Waals surface area (Å²) in [6.07, 6.45) is 0. The Morgan fingerprint density at radius 2 is 2.06 bits per heavy atom. The number of nitrogen functional groups attached to an aromatic ring is 1. The molecule has 0 unspecified atom stereocenters. The molecule has 1 aromatic carbocycles. The first-order chi connectivity index (χ1) is 8.66. The van der Waals surface area contributed by atoms with E-state index < -0.39 is 5.82 Å². The van der Waals surface area contributed by atoms with Gasteiger partial charge in [-0.3, -0.25) is 0 Å². The van der Waals surface area contributed by atoms with Gasteiger partial charge < -0.3 is 19.7 Å². The SMILES string of the molecule is Nc1cc(-c2c(Br)cc3c(c2F)OCCO3)no1. The van der Waals surface area contributed by atoms with Gasteiger partial charge in [-0.2, -0.15) is 0 Å². The summed E-state index contributed by atoms with van der Waals surface area (Å²) in [6, 6.07) is 3.08. The minimum Gasteiger partial charge on any atom is -0.486 e. The number of benzene rings is 1. The number of nitrogens with zero attached hydrogens (tertiary/aromatic N) is 1. The van der Waals surface area contributed by atoms with Crippen LogP contribution in [0.2, 0.25) is 0 Å². The Bertz CT molecular complexity index is 615. The van der Waals surface area contributed by atoms with Gasteiger partial charge in [-0.05, 0) is 22.0 Å². The topological polar surface area (TPSA) is 70.5 Å². The average molecular weight is 315 g/mol. The van der Waals surface area contributed by atoms with Crippen molar-refractivity contribution in [2.45, 2.75) is 0 Å². The van der Waals surface area contributed by atoms with Gasteiger partial charge in [0.15, 0.2) is 17.3 Å². The van der Waals surface area contributed by atoms with Gasteiger partial charge in [-0.25, -0.2) is 4.39 Å². The smallest absolute Gasteiger partial charge is 0.222 e. The fraction of sp³-hybridized carbons (Fsp3) is 0.182. The van der Waals surface area contributed by atoms with E-state index in [2.05, 4.69) is 21.1 Å². The number of nitrogens with two attached hydrogens (primary N) is 1. The van der Waals surface area contributed by atoms with Crippen molar-refractivity contribution in [1.82, 2.24) is 5.16 Å². The van der Waals surface area contributed by atoms with Crippen molar-refractivity contribution in [3.8, 4) is 22.8 Å². The van der Waals surface area contributed by atoms with Crippen molar-refractivity contribution in [3.05, 3.63) is 22.4 Å². The Kier molecular flexibility index (Phi) is 2.62. The molecular weight excluding hydrogens is 307 g/mol. The van der Waals surface area contributed by atoms with E-state index in [9.17, 15) is 4.39 Å². The number of hydrogen-bond donors (Lipinski definition) is 1. The van der Waals surface area contributed by atoms with Crippen LogP contribution in [-0.4, -0.2) is 18.4 Å². The molecule has 1 aliphatic heterocycles. The Morgan fingerprint density at radius 1 is 1.28 bits per heavy atom. The first-order valence-electron chi connectivity index (χ1n) is 5.17. The lowest BCUT2D eigenvalue weighted by molar-refractivity contribution is 0.164. The number of ether oxygens (including phenoxy) is 2. The van der Waals surface area contributed by atoms with E-state index >= 15 is 0 Å². The van der Waals surface area contributed by atoms with Crippen LogP contribution in [0, 0.1) is 5.82 Å². The molecule has 0 spiro atoms. The second-order valence-corrected chi connectivity index (χ2v) is 4.54. The summed E-state index contributed by atoms with van der Waals surface area (Å²) in [7, 11) is 0. The fourth-order valence-electron chi connectivity index (χ4n) is 1.76. The molecule has 2 heterocycles. The highest BCUT2D eigenvalue weighted by Gasteiger charge is 2.25. The average Bonchev–Trinajstić information content (AvgIpc) is 2.76. The molecule has 1 aromatic heterocycles. The van der Waals surface area contributed by atoms with Crippen LogP contribution in [0.25, 0.3) is 11.3 Å². The molecule has 0 aliphatic carbocycles. The summed E-state index contributed by atoms with van der Waals surface area (Å²) < 4.78 is 30.2. The second-order valence-electron chi connectivity index (χ2n) is 3.69. The van der Waals surface area contributed by atoms with E-state index in [0.717, 1.165) is 0 Å². The van der Waals surface area contributed by atoms with E-state index in [4.69, 9.17) is 19.7 Å². The predicted octanol–water partition coefficient (Wildman–Crippen LogP) is 2.60. The molecule has 0 saturated carbocycles. The number of rotatable bonds is 1. The molecule has 2 N–H and O–H groups in total. The summed E-state index contributed by atoms with van der Waals surface area (Å²) >= 11 is 3.27. The van der Waals surface area contributed by atoms with Gasteiger partial charge in [-0.15, -0.1) is 0 Å². The first-order valence-corrected chi connectivity index (χ1v) is 5.96. The number of aromatic nitrogens is 1. The zero-order chi connectivity index (χ0) is 12.7. The molecule has 0 radical (unpaired) electrons. The zero-order valence-electron chi connectivity index (χ0n) is 9.07. The molecule has 18 heavy (non-hydrogen) atoms. The first kappa shape index (κ1) is 11.3. The Hall–Kier alpha value is -1.76. The Morgan fingerprint density at radius 3 is 2.78 bits per heavy atom. The van der Waals surface area contributed by atoms with Gasteiger partial charge in [0.05, 0.1) is 5.56 Å². The van der Waals surface area contributed by atoms with Gasteiger partial charge in [0, 0.05) is 10.5 Å². The monoisotopic (exact) mass is 314 g/mol. The Labute approximate surface area is 110 Å². The Balaban J connectivity index is 2.20. The standard InChI is InChI=1S/C11H8BrFN2O3/c12-5-3-7-11(17-2-1-16-7)10(13)9(5)6-4-8(14)18-15-6/h3-4H,1-2,14H2. The van der Waals surface area contributed by atoms with E-state index in [1.807, 2.05) is 0 Å². The maximum absolute atomic E-state index is 14.4. The summed E-state index contributed by atoms with van der Waals surface area (Å²) in [5.74, 6) is 0.0189. The number of fused-ring (bicyclic) bond motifs is 1. The van der Waals surface area contributed by atoms with Crippen LogP contribution in [0.3, 0.4) is 0 Å². The number of anilines is 1. The van der Waals surface area contributed by atoms with Crippen molar-refractivity contribution in [2.24, 2.45) is 0 Å². The molecule has 94 valence electrons. The van der Waals surface area contributed by atoms with Crippen LogP contribution in [0.1, 0.15) is 0 Å². The molecule has 7 heteroatoms.